The highest BCUT2D eigenvalue weighted by molar-refractivity contribution is 8.08. The van der Waals surface area contributed by atoms with Crippen molar-refractivity contribution >= 4 is 62.7 Å². The number of fused-ring (bicyclic) bond motifs is 1. The number of benzene rings is 4. The lowest BCUT2D eigenvalue weighted by atomic mass is 10.1. The average molecular weight is 688 g/mol. The molecule has 0 spiro atoms. The van der Waals surface area contributed by atoms with E-state index in [1.54, 1.807) is 31.4 Å². The first-order valence-electron chi connectivity index (χ1n) is 15.9. The van der Waals surface area contributed by atoms with E-state index in [2.05, 4.69) is 17.3 Å². The molecule has 9 nitrogen and oxygen atoms in total. The number of amides is 2. The van der Waals surface area contributed by atoms with Crippen LogP contribution in [0.4, 0.5) is 11.4 Å². The molecule has 0 fully saturated rings. The molecule has 4 aromatic carbocycles. The van der Waals surface area contributed by atoms with Crippen LogP contribution in [-0.2, 0) is 11.2 Å². The molecule has 1 N–H and O–H groups in total. The van der Waals surface area contributed by atoms with Gasteiger partial charge in [0.15, 0.2) is 5.84 Å². The van der Waals surface area contributed by atoms with Gasteiger partial charge in [-0.15, -0.1) is 16.4 Å². The van der Waals surface area contributed by atoms with Crippen LogP contribution in [0.2, 0.25) is 0 Å². The number of unbranched alkanes of at least 4 members (excludes halogenated alkanes) is 1. The number of rotatable bonds is 7. The van der Waals surface area contributed by atoms with Gasteiger partial charge in [0.1, 0.15) is 25.5 Å². The molecule has 2 aliphatic heterocycles. The average Bonchev–Trinajstić information content (AvgIpc) is 3.76. The number of hydrogen-bond donors (Lipinski definition) is 1. The maximum atomic E-state index is 14.5. The minimum atomic E-state index is -0.459. The smallest absolute Gasteiger partial charge is 0.285 e. The van der Waals surface area contributed by atoms with Crippen molar-refractivity contribution in [2.24, 2.45) is 5.10 Å². The van der Waals surface area contributed by atoms with Crippen molar-refractivity contribution in [3.63, 3.8) is 0 Å². The summed E-state index contributed by atoms with van der Waals surface area (Å²) in [6, 6.07) is 31.5. The number of ether oxygens (including phenoxy) is 1. The summed E-state index contributed by atoms with van der Waals surface area (Å²) in [5, 5.41) is 9.56. The largest absolute Gasteiger partial charge is 0.497 e. The summed E-state index contributed by atoms with van der Waals surface area (Å²) in [4.78, 5) is 45.5. The van der Waals surface area contributed by atoms with Gasteiger partial charge in [-0.1, -0.05) is 73.6 Å². The second-order valence-corrected chi connectivity index (χ2v) is 13.6. The van der Waals surface area contributed by atoms with Crippen LogP contribution in [-0.4, -0.2) is 36.4 Å². The molecule has 246 valence electrons. The van der Waals surface area contributed by atoms with E-state index in [0.717, 1.165) is 40.4 Å². The monoisotopic (exact) mass is 687 g/mol. The first-order chi connectivity index (χ1) is 23.9. The van der Waals surface area contributed by atoms with Crippen LogP contribution < -0.4 is 34.7 Å². The quantitative estimate of drug-likeness (QED) is 0.243. The van der Waals surface area contributed by atoms with Crippen molar-refractivity contribution in [2.75, 3.05) is 24.1 Å². The number of para-hydroxylation sites is 2. The van der Waals surface area contributed by atoms with Gasteiger partial charge in [0.2, 0.25) is 0 Å². The number of anilines is 2. The lowest BCUT2D eigenvalue weighted by Crippen LogP contribution is -2.37. The molecule has 0 saturated carbocycles. The summed E-state index contributed by atoms with van der Waals surface area (Å²) < 4.78 is 7.81. The second kappa shape index (κ2) is 13.6. The number of thioether (sulfide) groups is 1. The SMILES string of the molecule is CCCCc1ccc(C(=O)NC2=NN(c3ccccc3)C(=O)/C2=c2/s/c(=C3\Sc4ccc(OC)cc4N3C)c(=O)n2-c2ccccc2)cc1. The summed E-state index contributed by atoms with van der Waals surface area (Å²) in [6.45, 7) is 2.14. The third-order valence-corrected chi connectivity index (χ3v) is 10.9. The Hall–Kier alpha value is -5.39. The fourth-order valence-electron chi connectivity index (χ4n) is 5.75. The van der Waals surface area contributed by atoms with E-state index in [9.17, 15) is 14.4 Å². The van der Waals surface area contributed by atoms with Gasteiger partial charge in [-0.25, -0.2) is 0 Å². The third-order valence-electron chi connectivity index (χ3n) is 8.37. The van der Waals surface area contributed by atoms with Crippen LogP contribution in [0.1, 0.15) is 35.7 Å². The maximum absolute atomic E-state index is 14.5. The molecular formula is C38H33N5O4S2. The number of amidine groups is 1. The number of hydrogen-bond acceptors (Lipinski definition) is 8. The molecule has 0 radical (unpaired) electrons. The molecule has 2 aliphatic rings. The molecule has 0 bridgehead atoms. The summed E-state index contributed by atoms with van der Waals surface area (Å²) in [5.41, 5.74) is 3.46. The zero-order valence-electron chi connectivity index (χ0n) is 27.2. The zero-order valence-corrected chi connectivity index (χ0v) is 28.8. The highest BCUT2D eigenvalue weighted by atomic mass is 32.2. The molecule has 0 saturated heterocycles. The van der Waals surface area contributed by atoms with Crippen LogP contribution in [0.3, 0.4) is 0 Å². The standard InChI is InChI=1S/C38H33N5O4S2/c1-4-5-12-24-17-19-25(20-18-24)34(44)39-33-31(35(45)43(40-33)27-15-10-7-11-16-27)37-42(26-13-8-6-9-14-26)36(46)32(49-37)38-41(2)29-23-28(47-3)21-22-30(29)48-38/h6-11,13-23H,4-5,12H2,1-3H3,(H,39,40,44)/b37-31+,38-32-. The van der Waals surface area contributed by atoms with Gasteiger partial charge < -0.3 is 15.0 Å². The Balaban J connectivity index is 1.42. The fraction of sp³-hybridized carbons (Fsp3) is 0.158. The number of nitrogens with zero attached hydrogens (tertiary/aromatic N) is 4. The van der Waals surface area contributed by atoms with Crippen molar-refractivity contribution in [1.82, 2.24) is 9.88 Å². The van der Waals surface area contributed by atoms with Crippen molar-refractivity contribution in [2.45, 2.75) is 31.1 Å². The Labute approximate surface area is 291 Å². The molecule has 5 aromatic rings. The molecule has 0 atom stereocenters. The van der Waals surface area contributed by atoms with Gasteiger partial charge in [0.25, 0.3) is 17.4 Å². The molecule has 7 rings (SSSR count). The number of methoxy groups -OCH3 is 1. The fourth-order valence-corrected chi connectivity index (χ4v) is 8.22. The van der Waals surface area contributed by atoms with Gasteiger partial charge in [0.05, 0.1) is 24.2 Å². The van der Waals surface area contributed by atoms with E-state index in [-0.39, 0.29) is 17.0 Å². The van der Waals surface area contributed by atoms with Crippen molar-refractivity contribution in [3.8, 4) is 11.4 Å². The Morgan fingerprint density at radius 2 is 1.59 bits per heavy atom. The molecule has 1 aromatic heterocycles. The van der Waals surface area contributed by atoms with Gasteiger partial charge >= 0.3 is 0 Å². The second-order valence-electron chi connectivity index (χ2n) is 11.5. The minimum absolute atomic E-state index is 0.0665. The summed E-state index contributed by atoms with van der Waals surface area (Å²) in [6.07, 6.45) is 3.09. The predicted octanol–water partition coefficient (Wildman–Crippen LogP) is 5.50. The van der Waals surface area contributed by atoms with Crippen molar-refractivity contribution < 1.29 is 14.3 Å². The topological polar surface area (TPSA) is 96.2 Å². The van der Waals surface area contributed by atoms with Gasteiger partial charge in [-0.2, -0.15) is 5.01 Å². The van der Waals surface area contributed by atoms with E-state index in [0.29, 0.717) is 31.9 Å². The summed E-state index contributed by atoms with van der Waals surface area (Å²) in [7, 11) is 3.53. The molecular weight excluding hydrogens is 655 g/mol. The number of hydrazone groups is 1. The van der Waals surface area contributed by atoms with Gasteiger partial charge in [-0.05, 0) is 66.9 Å². The highest BCUT2D eigenvalue weighted by Crippen LogP contribution is 2.46. The lowest BCUT2D eigenvalue weighted by molar-refractivity contribution is -0.112. The van der Waals surface area contributed by atoms with Crippen LogP contribution in [0, 0.1) is 0 Å². The normalized spacial score (nSPS) is 16.1. The first kappa shape index (κ1) is 32.2. The maximum Gasteiger partial charge on any atom is 0.285 e. The van der Waals surface area contributed by atoms with E-state index >= 15 is 0 Å². The molecule has 11 heteroatoms. The Kier molecular flexibility index (Phi) is 8.94. The van der Waals surface area contributed by atoms with E-state index < -0.39 is 11.8 Å². The van der Waals surface area contributed by atoms with Crippen molar-refractivity contribution in [3.05, 3.63) is 134 Å². The predicted molar refractivity (Wildman–Crippen MR) is 197 cm³/mol. The Morgan fingerprint density at radius 3 is 2.27 bits per heavy atom. The molecule has 49 heavy (non-hydrogen) atoms. The molecule has 0 aliphatic carbocycles. The molecule has 2 amide bonds. The molecule has 0 unspecified atom stereocenters. The zero-order chi connectivity index (χ0) is 34.1. The number of nitrogens with one attached hydrogen (secondary N) is 1. The minimum Gasteiger partial charge on any atom is -0.497 e. The van der Waals surface area contributed by atoms with Gasteiger partial charge in [-0.3, -0.25) is 19.0 Å². The summed E-state index contributed by atoms with van der Waals surface area (Å²) >= 11 is 2.68. The first-order valence-corrected chi connectivity index (χ1v) is 17.6. The Bertz CT molecular complexity index is 2280. The van der Waals surface area contributed by atoms with Crippen LogP contribution in [0.15, 0.2) is 118 Å². The van der Waals surface area contributed by atoms with E-state index in [1.807, 2.05) is 90.8 Å². The number of carbonyl (C=O) groups is 2. The lowest BCUT2D eigenvalue weighted by Gasteiger charge is -2.13. The summed E-state index contributed by atoms with van der Waals surface area (Å²) in [5.74, 6) is -0.0891. The van der Waals surface area contributed by atoms with E-state index in [1.165, 1.54) is 32.7 Å². The highest BCUT2D eigenvalue weighted by Gasteiger charge is 2.36. The van der Waals surface area contributed by atoms with E-state index in [4.69, 9.17) is 4.74 Å². The Morgan fingerprint density at radius 1 is 0.898 bits per heavy atom. The van der Waals surface area contributed by atoms with Crippen LogP contribution >= 0.6 is 23.1 Å². The van der Waals surface area contributed by atoms with Crippen LogP contribution in [0.25, 0.3) is 16.3 Å². The number of aryl methyl sites for hydroxylation is 1. The molecule has 3 heterocycles. The van der Waals surface area contributed by atoms with Crippen LogP contribution in [0.5, 0.6) is 5.75 Å². The third kappa shape index (κ3) is 6.07. The number of carbonyl (C=O) groups excluding carboxylic acids is 2. The number of aromatic nitrogens is 1. The number of thiazole rings is 1. The van der Waals surface area contributed by atoms with Gasteiger partial charge in [0, 0.05) is 23.6 Å². The van der Waals surface area contributed by atoms with Crippen molar-refractivity contribution in [1.29, 1.82) is 0 Å².